The molecule has 0 bridgehead atoms. The summed E-state index contributed by atoms with van der Waals surface area (Å²) in [5.74, 6) is 0.672. The fraction of sp³-hybridized carbons (Fsp3) is 0.571. The van der Waals surface area contributed by atoms with E-state index in [1.165, 1.54) is 0 Å². The first-order valence-corrected chi connectivity index (χ1v) is 7.53. The van der Waals surface area contributed by atoms with Gasteiger partial charge in [-0.15, -0.1) is 0 Å². The summed E-state index contributed by atoms with van der Waals surface area (Å²) < 4.78 is 11.1. The van der Waals surface area contributed by atoms with Gasteiger partial charge >= 0.3 is 0 Å². The van der Waals surface area contributed by atoms with Gasteiger partial charge in [-0.3, -0.25) is 0 Å². The molecular weight excluding hydrogens is 286 g/mol. The predicted molar refractivity (Wildman–Crippen MR) is 82.1 cm³/mol. The van der Waals surface area contributed by atoms with Crippen LogP contribution in [0, 0.1) is 0 Å². The van der Waals surface area contributed by atoms with E-state index in [0.717, 1.165) is 26.1 Å². The van der Waals surface area contributed by atoms with Crippen LogP contribution in [0.5, 0.6) is 0 Å². The third-order valence-corrected chi connectivity index (χ3v) is 4.12. The zero-order valence-corrected chi connectivity index (χ0v) is 12.2. The number of aliphatic hydroxyl groups excluding tert-OH is 1. The topological polar surface area (TPSA) is 101 Å². The minimum Gasteiger partial charge on any atom is -0.422 e. The number of nitrogens with zero attached hydrogens (tertiary/aromatic N) is 4. The second-order valence-corrected chi connectivity index (χ2v) is 5.71. The minimum atomic E-state index is -0.321. The third-order valence-electron chi connectivity index (χ3n) is 4.12. The van der Waals surface area contributed by atoms with E-state index < -0.39 is 0 Å². The highest BCUT2D eigenvalue weighted by atomic mass is 16.5. The lowest BCUT2D eigenvalue weighted by Gasteiger charge is -2.24. The van der Waals surface area contributed by atoms with Crippen molar-refractivity contribution >= 4 is 28.8 Å². The predicted octanol–water partition coefficient (Wildman–Crippen LogP) is 0.213. The van der Waals surface area contributed by atoms with Gasteiger partial charge in [-0.1, -0.05) is 0 Å². The highest BCUT2D eigenvalue weighted by molar-refractivity contribution is 5.80. The molecule has 0 amide bonds. The van der Waals surface area contributed by atoms with Crippen LogP contribution < -0.4 is 15.5 Å². The number of β-amino-alcohol motifs (C(OH)–C–C–N with tert-alkyl or cyclic N) is 1. The fourth-order valence-corrected chi connectivity index (χ4v) is 2.93. The standard InChI is InChI=1S/C14H19N5O3/c15-10-7-11-12(16-13(10)19-2-1-9(20)8-19)17-14(22-11)18-3-5-21-6-4-18/h7,9,20H,1-6,8,15H2/t9-/m0/s1. The van der Waals surface area contributed by atoms with Crippen molar-refractivity contribution in [3.05, 3.63) is 6.07 Å². The Bertz CT molecular complexity index is 682. The quantitative estimate of drug-likeness (QED) is 0.812. The van der Waals surface area contributed by atoms with Crippen molar-refractivity contribution in [2.75, 3.05) is 54.9 Å². The van der Waals surface area contributed by atoms with Crippen molar-refractivity contribution in [1.82, 2.24) is 9.97 Å². The number of aromatic nitrogens is 2. The molecule has 2 aromatic rings. The Kier molecular flexibility index (Phi) is 3.27. The summed E-state index contributed by atoms with van der Waals surface area (Å²) in [4.78, 5) is 13.0. The first kappa shape index (κ1) is 13.6. The molecule has 2 aliphatic rings. The minimum absolute atomic E-state index is 0.321. The normalized spacial score (nSPS) is 22.7. The van der Waals surface area contributed by atoms with Gasteiger partial charge in [-0.25, -0.2) is 4.98 Å². The zero-order valence-electron chi connectivity index (χ0n) is 12.2. The molecule has 2 aromatic heterocycles. The van der Waals surface area contributed by atoms with E-state index in [4.69, 9.17) is 14.9 Å². The van der Waals surface area contributed by atoms with Crippen molar-refractivity contribution in [2.24, 2.45) is 0 Å². The maximum Gasteiger partial charge on any atom is 0.300 e. The number of fused-ring (bicyclic) bond motifs is 1. The van der Waals surface area contributed by atoms with Crippen LogP contribution in [-0.2, 0) is 4.74 Å². The lowest BCUT2D eigenvalue weighted by Crippen LogP contribution is -2.36. The lowest BCUT2D eigenvalue weighted by atomic mass is 10.3. The fourth-order valence-electron chi connectivity index (χ4n) is 2.93. The Labute approximate surface area is 127 Å². The van der Waals surface area contributed by atoms with Gasteiger partial charge in [0.1, 0.15) is 0 Å². The average molecular weight is 305 g/mol. The van der Waals surface area contributed by atoms with E-state index in [9.17, 15) is 5.11 Å². The third kappa shape index (κ3) is 2.34. The second-order valence-electron chi connectivity index (χ2n) is 5.71. The summed E-state index contributed by atoms with van der Waals surface area (Å²) >= 11 is 0. The molecule has 0 unspecified atom stereocenters. The van der Waals surface area contributed by atoms with Gasteiger partial charge in [0.05, 0.1) is 25.0 Å². The number of oxazole rings is 1. The summed E-state index contributed by atoms with van der Waals surface area (Å²) in [6.45, 7) is 4.16. The number of rotatable bonds is 2. The van der Waals surface area contributed by atoms with E-state index in [-0.39, 0.29) is 6.10 Å². The molecule has 22 heavy (non-hydrogen) atoms. The highest BCUT2D eigenvalue weighted by Crippen LogP contribution is 2.30. The average Bonchev–Trinajstić information content (AvgIpc) is 3.13. The zero-order chi connectivity index (χ0) is 15.1. The van der Waals surface area contributed by atoms with Crippen molar-refractivity contribution < 1.29 is 14.3 Å². The van der Waals surface area contributed by atoms with Gasteiger partial charge in [0.25, 0.3) is 6.01 Å². The molecule has 4 heterocycles. The number of morpholine rings is 1. The largest absolute Gasteiger partial charge is 0.422 e. The Morgan fingerprint density at radius 3 is 2.73 bits per heavy atom. The molecule has 0 radical (unpaired) electrons. The number of anilines is 3. The molecule has 8 nitrogen and oxygen atoms in total. The highest BCUT2D eigenvalue weighted by Gasteiger charge is 2.25. The SMILES string of the molecule is Nc1cc2oc(N3CCOCC3)nc2nc1N1CC[C@H](O)C1. The first-order valence-electron chi connectivity index (χ1n) is 7.53. The summed E-state index contributed by atoms with van der Waals surface area (Å²) in [5, 5.41) is 9.68. The van der Waals surface area contributed by atoms with Crippen LogP contribution in [0.25, 0.3) is 11.2 Å². The van der Waals surface area contributed by atoms with Crippen LogP contribution in [0.4, 0.5) is 17.5 Å². The summed E-state index contributed by atoms with van der Waals surface area (Å²) in [5.41, 5.74) is 7.77. The molecule has 4 rings (SSSR count). The molecule has 0 saturated carbocycles. The molecular formula is C14H19N5O3. The molecule has 1 atom stereocenters. The number of ether oxygens (including phenoxy) is 1. The Morgan fingerprint density at radius 1 is 1.18 bits per heavy atom. The Morgan fingerprint density at radius 2 is 2.00 bits per heavy atom. The van der Waals surface area contributed by atoms with Gasteiger partial charge in [-0.05, 0) is 6.42 Å². The van der Waals surface area contributed by atoms with Crippen LogP contribution in [0.2, 0.25) is 0 Å². The number of aliphatic hydroxyl groups is 1. The van der Waals surface area contributed by atoms with Crippen molar-refractivity contribution in [3.8, 4) is 0 Å². The van der Waals surface area contributed by atoms with Crippen LogP contribution >= 0.6 is 0 Å². The van der Waals surface area contributed by atoms with Crippen molar-refractivity contribution in [1.29, 1.82) is 0 Å². The van der Waals surface area contributed by atoms with Gasteiger partial charge in [0.15, 0.2) is 11.4 Å². The number of hydrogen-bond donors (Lipinski definition) is 2. The molecule has 2 fully saturated rings. The molecule has 2 aliphatic heterocycles. The molecule has 3 N–H and O–H groups in total. The monoisotopic (exact) mass is 305 g/mol. The Hall–Kier alpha value is -2.06. The van der Waals surface area contributed by atoms with Gasteiger partial charge in [0, 0.05) is 32.2 Å². The van der Waals surface area contributed by atoms with E-state index in [1.807, 2.05) is 9.80 Å². The number of nitrogen functional groups attached to an aromatic ring is 1. The van der Waals surface area contributed by atoms with Crippen LogP contribution in [0.1, 0.15) is 6.42 Å². The number of nitrogens with two attached hydrogens (primary N) is 1. The number of hydrogen-bond acceptors (Lipinski definition) is 8. The molecule has 2 saturated heterocycles. The van der Waals surface area contributed by atoms with Gasteiger partial charge in [0.2, 0.25) is 5.65 Å². The maximum atomic E-state index is 9.68. The summed E-state index contributed by atoms with van der Waals surface area (Å²) in [6.07, 6.45) is 0.412. The van der Waals surface area contributed by atoms with E-state index in [0.29, 0.717) is 48.5 Å². The molecule has 0 spiro atoms. The smallest absolute Gasteiger partial charge is 0.300 e. The number of pyridine rings is 1. The lowest BCUT2D eigenvalue weighted by molar-refractivity contribution is 0.120. The molecule has 8 heteroatoms. The summed E-state index contributed by atoms with van der Waals surface area (Å²) in [7, 11) is 0. The van der Waals surface area contributed by atoms with Gasteiger partial charge < -0.3 is 29.8 Å². The van der Waals surface area contributed by atoms with Gasteiger partial charge in [-0.2, -0.15) is 4.98 Å². The van der Waals surface area contributed by atoms with Crippen LogP contribution in [0.15, 0.2) is 10.5 Å². The molecule has 0 aromatic carbocycles. The Balaban J connectivity index is 1.67. The molecule has 0 aliphatic carbocycles. The van der Waals surface area contributed by atoms with E-state index >= 15 is 0 Å². The van der Waals surface area contributed by atoms with Crippen LogP contribution in [0.3, 0.4) is 0 Å². The van der Waals surface area contributed by atoms with E-state index in [1.54, 1.807) is 6.07 Å². The maximum absolute atomic E-state index is 9.68. The van der Waals surface area contributed by atoms with E-state index in [2.05, 4.69) is 9.97 Å². The second kappa shape index (κ2) is 5.29. The van der Waals surface area contributed by atoms with Crippen molar-refractivity contribution in [3.63, 3.8) is 0 Å². The van der Waals surface area contributed by atoms with Crippen molar-refractivity contribution in [2.45, 2.75) is 12.5 Å². The summed E-state index contributed by atoms with van der Waals surface area (Å²) in [6, 6.07) is 2.32. The first-order chi connectivity index (χ1) is 10.7. The van der Waals surface area contributed by atoms with Crippen LogP contribution in [-0.4, -0.2) is 60.6 Å². The molecule has 118 valence electrons.